The molecule has 4 nitrogen and oxygen atoms in total. The van der Waals surface area contributed by atoms with Crippen molar-refractivity contribution in [3.8, 4) is 0 Å². The van der Waals surface area contributed by atoms with E-state index >= 15 is 0 Å². The third-order valence-corrected chi connectivity index (χ3v) is 6.06. The van der Waals surface area contributed by atoms with E-state index in [9.17, 15) is 9.59 Å². The molecule has 4 rings (SSSR count). The van der Waals surface area contributed by atoms with Gasteiger partial charge in [0.05, 0.1) is 5.52 Å². The van der Waals surface area contributed by atoms with E-state index in [1.165, 1.54) is 18.7 Å². The van der Waals surface area contributed by atoms with Crippen molar-refractivity contribution in [1.29, 1.82) is 0 Å². The highest BCUT2D eigenvalue weighted by Crippen LogP contribution is 2.39. The summed E-state index contributed by atoms with van der Waals surface area (Å²) in [6, 6.07) is 26.5. The average Bonchev–Trinajstić information content (AvgIpc) is 2.78. The first-order chi connectivity index (χ1) is 14.6. The second kappa shape index (κ2) is 8.93. The van der Waals surface area contributed by atoms with Crippen LogP contribution in [0.15, 0.2) is 96.0 Å². The normalized spacial score (nSPS) is 11.8. The topological polar surface area (TPSA) is 59.1 Å². The first kappa shape index (κ1) is 19.9. The Hall–Kier alpha value is -3.44. The van der Waals surface area contributed by atoms with Crippen LogP contribution >= 0.6 is 11.8 Å². The Labute approximate surface area is 179 Å². The summed E-state index contributed by atoms with van der Waals surface area (Å²) < 4.78 is 0. The zero-order valence-corrected chi connectivity index (χ0v) is 17.2. The number of carbonyl (C=O) groups excluding carboxylic acids is 2. The number of amides is 1. The van der Waals surface area contributed by atoms with E-state index in [4.69, 9.17) is 0 Å². The number of hydrogen-bond acceptors (Lipinski definition) is 4. The molecule has 1 amide bonds. The third kappa shape index (κ3) is 4.42. The molecule has 1 atom stereocenters. The number of fused-ring (bicyclic) bond motifs is 1. The first-order valence-corrected chi connectivity index (χ1v) is 10.5. The zero-order valence-electron chi connectivity index (χ0n) is 16.4. The molecule has 0 saturated heterocycles. The van der Waals surface area contributed by atoms with Crippen molar-refractivity contribution in [2.45, 2.75) is 17.1 Å². The summed E-state index contributed by atoms with van der Waals surface area (Å²) in [4.78, 5) is 30.4. The zero-order chi connectivity index (χ0) is 20.9. The number of rotatable bonds is 6. The number of hydrogen-bond donors (Lipinski definition) is 1. The highest BCUT2D eigenvalue weighted by Gasteiger charge is 2.23. The Morgan fingerprint density at radius 1 is 0.900 bits per heavy atom. The maximum Gasteiger partial charge on any atom is 0.242 e. The van der Waals surface area contributed by atoms with Gasteiger partial charge in [-0.3, -0.25) is 14.6 Å². The summed E-state index contributed by atoms with van der Waals surface area (Å²) in [5.41, 5.74) is 2.97. The lowest BCUT2D eigenvalue weighted by Gasteiger charge is -2.18. The SMILES string of the molecule is CC(=O)c1cccc(NC(=O)C(Sc2ccnc3ccccc23)c2ccccc2)c1. The molecule has 1 heterocycles. The Morgan fingerprint density at radius 2 is 1.67 bits per heavy atom. The fourth-order valence-corrected chi connectivity index (χ4v) is 4.38. The molecule has 1 unspecified atom stereocenters. The highest BCUT2D eigenvalue weighted by atomic mass is 32.2. The van der Waals surface area contributed by atoms with Crippen molar-refractivity contribution in [3.63, 3.8) is 0 Å². The molecule has 0 aliphatic rings. The molecule has 148 valence electrons. The second-order valence-corrected chi connectivity index (χ2v) is 8.01. The van der Waals surface area contributed by atoms with E-state index in [1.807, 2.05) is 60.7 Å². The van der Waals surface area contributed by atoms with Crippen LogP contribution in [0.1, 0.15) is 28.1 Å². The first-order valence-electron chi connectivity index (χ1n) is 9.59. The van der Waals surface area contributed by atoms with Gasteiger partial charge in [0.15, 0.2) is 5.78 Å². The van der Waals surface area contributed by atoms with Gasteiger partial charge in [0.25, 0.3) is 0 Å². The molecule has 0 saturated carbocycles. The highest BCUT2D eigenvalue weighted by molar-refractivity contribution is 8.00. The van der Waals surface area contributed by atoms with Crippen LogP contribution in [0.25, 0.3) is 10.9 Å². The molecular formula is C25H20N2O2S. The van der Waals surface area contributed by atoms with E-state index in [-0.39, 0.29) is 11.7 Å². The van der Waals surface area contributed by atoms with Gasteiger partial charge in [0, 0.05) is 27.7 Å². The van der Waals surface area contributed by atoms with Gasteiger partial charge >= 0.3 is 0 Å². The van der Waals surface area contributed by atoms with Gasteiger partial charge in [-0.1, -0.05) is 60.7 Å². The number of ketones is 1. The number of nitrogens with one attached hydrogen (secondary N) is 1. The Morgan fingerprint density at radius 3 is 2.47 bits per heavy atom. The minimum atomic E-state index is -0.460. The number of nitrogens with zero attached hydrogens (tertiary/aromatic N) is 1. The van der Waals surface area contributed by atoms with Gasteiger partial charge < -0.3 is 5.32 Å². The lowest BCUT2D eigenvalue weighted by Crippen LogP contribution is -2.19. The summed E-state index contributed by atoms with van der Waals surface area (Å²) >= 11 is 1.49. The summed E-state index contributed by atoms with van der Waals surface area (Å²) in [6.07, 6.45) is 1.76. The molecule has 0 aliphatic carbocycles. The van der Waals surface area contributed by atoms with Crippen molar-refractivity contribution in [3.05, 3.63) is 102 Å². The van der Waals surface area contributed by atoms with Crippen LogP contribution in [0.5, 0.6) is 0 Å². The molecule has 1 N–H and O–H groups in total. The maximum atomic E-state index is 13.3. The molecule has 3 aromatic carbocycles. The largest absolute Gasteiger partial charge is 0.325 e. The monoisotopic (exact) mass is 412 g/mol. The fraction of sp³-hybridized carbons (Fsp3) is 0.0800. The number of thioether (sulfide) groups is 1. The Bertz CT molecular complexity index is 1200. The van der Waals surface area contributed by atoms with Gasteiger partial charge in [-0.15, -0.1) is 11.8 Å². The molecule has 1 aromatic heterocycles. The van der Waals surface area contributed by atoms with E-state index in [0.717, 1.165) is 21.4 Å². The smallest absolute Gasteiger partial charge is 0.242 e. The van der Waals surface area contributed by atoms with Crippen LogP contribution in [0.4, 0.5) is 5.69 Å². The molecule has 5 heteroatoms. The Balaban J connectivity index is 1.67. The number of pyridine rings is 1. The molecule has 4 aromatic rings. The van der Waals surface area contributed by atoms with Crippen molar-refractivity contribution < 1.29 is 9.59 Å². The summed E-state index contributed by atoms with van der Waals surface area (Å²) in [6.45, 7) is 1.51. The Kier molecular flexibility index (Phi) is 5.91. The maximum absolute atomic E-state index is 13.3. The van der Waals surface area contributed by atoms with E-state index in [2.05, 4.69) is 10.3 Å². The summed E-state index contributed by atoms with van der Waals surface area (Å²) in [5, 5.41) is 3.53. The predicted molar refractivity (Wildman–Crippen MR) is 122 cm³/mol. The third-order valence-electron chi connectivity index (χ3n) is 4.73. The van der Waals surface area contributed by atoms with Gasteiger partial charge in [-0.2, -0.15) is 0 Å². The van der Waals surface area contributed by atoms with E-state index < -0.39 is 5.25 Å². The number of para-hydroxylation sites is 1. The van der Waals surface area contributed by atoms with Crippen molar-refractivity contribution >= 4 is 40.0 Å². The minimum Gasteiger partial charge on any atom is -0.325 e. The molecule has 0 fully saturated rings. The molecule has 0 aliphatic heterocycles. The number of carbonyl (C=O) groups is 2. The minimum absolute atomic E-state index is 0.0386. The van der Waals surface area contributed by atoms with Crippen LogP contribution in [0.3, 0.4) is 0 Å². The molecule has 0 radical (unpaired) electrons. The molecule has 0 spiro atoms. The fourth-order valence-electron chi connectivity index (χ4n) is 3.22. The van der Waals surface area contributed by atoms with Crippen molar-refractivity contribution in [2.75, 3.05) is 5.32 Å². The number of anilines is 1. The van der Waals surface area contributed by atoms with Crippen LogP contribution in [-0.4, -0.2) is 16.7 Å². The van der Waals surface area contributed by atoms with Crippen molar-refractivity contribution in [1.82, 2.24) is 4.98 Å². The summed E-state index contributed by atoms with van der Waals surface area (Å²) in [7, 11) is 0. The van der Waals surface area contributed by atoms with E-state index in [1.54, 1.807) is 30.5 Å². The number of aromatic nitrogens is 1. The van der Waals surface area contributed by atoms with Gasteiger partial charge in [-0.25, -0.2) is 0 Å². The molecule has 30 heavy (non-hydrogen) atoms. The molecule has 0 bridgehead atoms. The van der Waals surface area contributed by atoms with Crippen LogP contribution in [0, 0.1) is 0 Å². The van der Waals surface area contributed by atoms with E-state index in [0.29, 0.717) is 11.3 Å². The lowest BCUT2D eigenvalue weighted by atomic mass is 10.1. The quantitative estimate of drug-likeness (QED) is 0.316. The average molecular weight is 413 g/mol. The lowest BCUT2D eigenvalue weighted by molar-refractivity contribution is -0.115. The van der Waals surface area contributed by atoms with Crippen LogP contribution in [-0.2, 0) is 4.79 Å². The van der Waals surface area contributed by atoms with Gasteiger partial charge in [-0.05, 0) is 36.8 Å². The molecular weight excluding hydrogens is 392 g/mol. The van der Waals surface area contributed by atoms with Crippen molar-refractivity contribution in [2.24, 2.45) is 0 Å². The predicted octanol–water partition coefficient (Wildman–Crippen LogP) is 5.91. The summed E-state index contributed by atoms with van der Waals surface area (Å²) in [5.74, 6) is -0.184. The van der Waals surface area contributed by atoms with Crippen LogP contribution in [0.2, 0.25) is 0 Å². The second-order valence-electron chi connectivity index (χ2n) is 6.86. The van der Waals surface area contributed by atoms with Crippen LogP contribution < -0.4 is 5.32 Å². The number of Topliss-reactive ketones (excluding diaryl/α,β-unsaturated/α-hetero) is 1. The number of benzene rings is 3. The standard InChI is InChI=1S/C25H20N2O2S/c1-17(28)19-10-7-11-20(16-19)27-25(29)24(18-8-3-2-4-9-18)30-23-14-15-26-22-13-6-5-12-21(22)23/h2-16,24H,1H3,(H,27,29). The van der Waals surface area contributed by atoms with Gasteiger partial charge in [0.2, 0.25) is 5.91 Å². The van der Waals surface area contributed by atoms with Gasteiger partial charge in [0.1, 0.15) is 5.25 Å².